The predicted octanol–water partition coefficient (Wildman–Crippen LogP) is 13.2. The van der Waals surface area contributed by atoms with Gasteiger partial charge in [-0.1, -0.05) is 175 Å². The van der Waals surface area contributed by atoms with Crippen molar-refractivity contribution in [2.75, 3.05) is 19.8 Å². The summed E-state index contributed by atoms with van der Waals surface area (Å²) in [7, 11) is -4.77. The van der Waals surface area contributed by atoms with E-state index in [0.717, 1.165) is 128 Å². The molecule has 0 aliphatic carbocycles. The van der Waals surface area contributed by atoms with Gasteiger partial charge in [0.25, 0.3) is 0 Å². The van der Waals surface area contributed by atoms with E-state index < -0.39 is 57.6 Å². The maximum Gasteiger partial charge on any atom is 0.472 e. The number of carbonyl (C=O) groups is 3. The third kappa shape index (κ3) is 45.0. The minimum absolute atomic E-state index is 0.126. The third-order valence-electron chi connectivity index (χ3n) is 9.87. The van der Waals surface area contributed by atoms with Crippen molar-refractivity contribution in [3.05, 3.63) is 97.2 Å². The number of aliphatic carboxylic acids is 1. The Labute approximate surface area is 387 Å². The number of hydrogen-bond acceptors (Lipinski definition) is 8. The van der Waals surface area contributed by atoms with Crippen molar-refractivity contribution >= 4 is 25.7 Å². The van der Waals surface area contributed by atoms with E-state index in [4.69, 9.17) is 13.8 Å². The molecule has 64 heavy (non-hydrogen) atoms. The fourth-order valence-electron chi connectivity index (χ4n) is 6.18. The van der Waals surface area contributed by atoms with Crippen LogP contribution in [0.4, 0.5) is 0 Å². The van der Waals surface area contributed by atoms with Crippen molar-refractivity contribution in [1.29, 1.82) is 0 Å². The summed E-state index contributed by atoms with van der Waals surface area (Å²) in [6.07, 6.45) is 58.5. The number of allylic oxidation sites excluding steroid dienone is 16. The van der Waals surface area contributed by atoms with Crippen LogP contribution in [0.3, 0.4) is 0 Å². The highest BCUT2D eigenvalue weighted by atomic mass is 31.2. The number of aliphatic hydroxyl groups is 1. The fraction of sp³-hybridized carbons (Fsp3) is 0.635. The lowest BCUT2D eigenvalue weighted by molar-refractivity contribution is -0.147. The number of carboxylic acid groups (broad SMARTS) is 1. The molecule has 0 aromatic rings. The van der Waals surface area contributed by atoms with E-state index in [1.165, 1.54) is 12.8 Å². The van der Waals surface area contributed by atoms with Gasteiger partial charge in [0, 0.05) is 12.8 Å². The molecule has 0 radical (unpaired) electrons. The van der Waals surface area contributed by atoms with Crippen molar-refractivity contribution in [1.82, 2.24) is 5.32 Å². The first-order valence-electron chi connectivity index (χ1n) is 24.3. The summed E-state index contributed by atoms with van der Waals surface area (Å²) in [5, 5.41) is 21.9. The number of carboxylic acids is 1. The van der Waals surface area contributed by atoms with E-state index in [2.05, 4.69) is 116 Å². The Bertz CT molecular complexity index is 1450. The number of aliphatic hydroxyl groups excluding tert-OH is 1. The normalized spacial score (nSPS) is 14.4. The summed E-state index contributed by atoms with van der Waals surface area (Å²) < 4.78 is 26.9. The molecule has 0 aromatic carbocycles. The van der Waals surface area contributed by atoms with Crippen LogP contribution < -0.4 is 5.32 Å². The van der Waals surface area contributed by atoms with Gasteiger partial charge in [0.15, 0.2) is 6.04 Å². The number of rotatable bonds is 44. The highest BCUT2D eigenvalue weighted by molar-refractivity contribution is 7.47. The maximum absolute atomic E-state index is 12.4. The zero-order valence-corrected chi connectivity index (χ0v) is 40.4. The van der Waals surface area contributed by atoms with Gasteiger partial charge in [-0.05, 0) is 89.9 Å². The molecule has 0 heterocycles. The Kier molecular flexibility index (Phi) is 43.4. The van der Waals surface area contributed by atoms with Gasteiger partial charge < -0.3 is 25.2 Å². The van der Waals surface area contributed by atoms with E-state index in [-0.39, 0.29) is 12.8 Å². The lowest BCUT2D eigenvalue weighted by atomic mass is 10.1. The fourth-order valence-corrected chi connectivity index (χ4v) is 6.95. The number of hydrogen-bond donors (Lipinski definition) is 4. The van der Waals surface area contributed by atoms with Crippen molar-refractivity contribution in [3.63, 3.8) is 0 Å². The Morgan fingerprint density at radius 3 is 1.28 bits per heavy atom. The van der Waals surface area contributed by atoms with Gasteiger partial charge in [-0.2, -0.15) is 0 Å². The van der Waals surface area contributed by atoms with Crippen LogP contribution >= 0.6 is 7.82 Å². The number of nitrogens with one attached hydrogen (secondary N) is 1. The molecule has 3 atom stereocenters. The molecule has 12 heteroatoms. The summed E-state index contributed by atoms with van der Waals surface area (Å²) in [4.78, 5) is 46.1. The van der Waals surface area contributed by atoms with Crippen LogP contribution in [0.5, 0.6) is 0 Å². The maximum atomic E-state index is 12.4. The van der Waals surface area contributed by atoms with Crippen molar-refractivity contribution in [3.8, 4) is 0 Å². The number of carbonyl (C=O) groups excluding carboxylic acids is 2. The first-order chi connectivity index (χ1) is 31.1. The number of phosphoric acid groups is 1. The molecule has 0 aromatic heterocycles. The highest BCUT2D eigenvalue weighted by Gasteiger charge is 2.28. The standard InChI is InChI=1S/C52H86NO10P/c1-3-5-7-9-11-13-15-17-19-21-22-23-24-25-26-28-29-31-33-35-37-39-41-43-50(55)53-49(52(57)58)47-63-64(59,60)62-46-48(54)45-61-51(56)44-42-40-38-36-34-32-30-27-20-18-16-14-12-10-8-6-4-2/h5-8,11-14,17-20,22-23,25-26,48-49,54H,3-4,9-10,15-16,21,24,27-47H2,1-2H3,(H,53,55)(H,57,58)(H,59,60)/b7-5-,8-6-,13-11-,14-12-,19-17-,20-18-,23-22-,26-25-. The number of amides is 1. The molecule has 1 amide bonds. The average molecular weight is 916 g/mol. The van der Waals surface area contributed by atoms with Gasteiger partial charge in [-0.25, -0.2) is 9.36 Å². The second kappa shape index (κ2) is 45.9. The molecule has 0 fully saturated rings. The predicted molar refractivity (Wildman–Crippen MR) is 263 cm³/mol. The Morgan fingerprint density at radius 2 is 0.859 bits per heavy atom. The van der Waals surface area contributed by atoms with Gasteiger partial charge in [-0.15, -0.1) is 0 Å². The van der Waals surface area contributed by atoms with Crippen molar-refractivity contribution in [2.45, 2.75) is 193 Å². The molecule has 4 N–H and O–H groups in total. The molecular formula is C52H86NO10P. The van der Waals surface area contributed by atoms with Gasteiger partial charge in [0.1, 0.15) is 12.7 Å². The zero-order valence-electron chi connectivity index (χ0n) is 39.5. The summed E-state index contributed by atoms with van der Waals surface area (Å²) in [6.45, 7) is 2.35. The first kappa shape index (κ1) is 60.4. The van der Waals surface area contributed by atoms with Crippen LogP contribution in [-0.2, 0) is 32.7 Å². The molecule has 3 unspecified atom stereocenters. The summed E-state index contributed by atoms with van der Waals surface area (Å²) in [6, 6.07) is -1.56. The monoisotopic (exact) mass is 916 g/mol. The minimum Gasteiger partial charge on any atom is -0.480 e. The van der Waals surface area contributed by atoms with Gasteiger partial charge in [-0.3, -0.25) is 18.6 Å². The van der Waals surface area contributed by atoms with Crippen molar-refractivity contribution < 1.29 is 47.8 Å². The van der Waals surface area contributed by atoms with E-state index in [9.17, 15) is 34.1 Å². The average Bonchev–Trinajstić information content (AvgIpc) is 3.27. The van der Waals surface area contributed by atoms with E-state index in [1.807, 2.05) is 0 Å². The number of phosphoric ester groups is 1. The molecular weight excluding hydrogens is 830 g/mol. The smallest absolute Gasteiger partial charge is 0.472 e. The summed E-state index contributed by atoms with van der Waals surface area (Å²) >= 11 is 0. The molecule has 0 saturated heterocycles. The van der Waals surface area contributed by atoms with Gasteiger partial charge >= 0.3 is 19.8 Å². The number of ether oxygens (including phenoxy) is 1. The summed E-state index contributed by atoms with van der Waals surface area (Å²) in [5.74, 6) is -2.41. The molecule has 0 rings (SSSR count). The molecule has 364 valence electrons. The molecule has 0 aliphatic heterocycles. The van der Waals surface area contributed by atoms with Crippen molar-refractivity contribution in [2.24, 2.45) is 0 Å². The zero-order chi connectivity index (χ0) is 47.0. The van der Waals surface area contributed by atoms with Gasteiger partial charge in [0.2, 0.25) is 5.91 Å². The topological polar surface area (TPSA) is 169 Å². The molecule has 11 nitrogen and oxygen atoms in total. The highest BCUT2D eigenvalue weighted by Crippen LogP contribution is 2.43. The Hall–Kier alpha value is -3.60. The van der Waals surface area contributed by atoms with Crippen LogP contribution in [0.25, 0.3) is 0 Å². The van der Waals surface area contributed by atoms with E-state index >= 15 is 0 Å². The Morgan fingerprint density at radius 1 is 0.500 bits per heavy atom. The lowest BCUT2D eigenvalue weighted by Crippen LogP contribution is -2.43. The second-order valence-electron chi connectivity index (χ2n) is 15.9. The number of unbranched alkanes of at least 4 members (excludes halogenated alkanes) is 14. The third-order valence-corrected chi connectivity index (χ3v) is 10.8. The van der Waals surface area contributed by atoms with Gasteiger partial charge in [0.05, 0.1) is 13.2 Å². The van der Waals surface area contributed by atoms with Crippen LogP contribution in [0.1, 0.15) is 181 Å². The molecule has 0 saturated carbocycles. The van der Waals surface area contributed by atoms with Crippen LogP contribution in [0, 0.1) is 0 Å². The SMILES string of the molecule is CC/C=C\C/C=C\C/C=C\C/C=C\C/C=C\CCCCCCCCCC(=O)NC(COP(=O)(O)OCC(O)COC(=O)CCCCCCCCC/C=C\C/C=C\C/C=C\CC)C(=O)O. The van der Waals surface area contributed by atoms with E-state index in [1.54, 1.807) is 0 Å². The van der Waals surface area contributed by atoms with E-state index in [0.29, 0.717) is 12.8 Å². The first-order valence-corrected chi connectivity index (χ1v) is 25.8. The molecule has 0 bridgehead atoms. The molecule has 0 aliphatic rings. The second-order valence-corrected chi connectivity index (χ2v) is 17.3. The largest absolute Gasteiger partial charge is 0.480 e. The Balaban J connectivity index is 3.91. The summed E-state index contributed by atoms with van der Waals surface area (Å²) in [5.41, 5.74) is 0. The minimum atomic E-state index is -4.77. The van der Waals surface area contributed by atoms with Crippen LogP contribution in [0.2, 0.25) is 0 Å². The quantitative estimate of drug-likeness (QED) is 0.0200. The number of esters is 1. The molecule has 0 spiro atoms. The van der Waals surface area contributed by atoms with Crippen LogP contribution in [-0.4, -0.2) is 64.9 Å². The lowest BCUT2D eigenvalue weighted by Gasteiger charge is -2.18. The van der Waals surface area contributed by atoms with Crippen LogP contribution in [0.15, 0.2) is 97.2 Å².